The standard InChI is InChI=1S/C14H9Cl2O3P/c15-11-7-4-8-12(16)13(11)14(18)20(19,9-17)10-5-2-1-3-6-10/h1-9H. The molecule has 0 heterocycles. The third kappa shape index (κ3) is 2.57. The van der Waals surface area contributed by atoms with Crippen molar-refractivity contribution in [2.75, 3.05) is 0 Å². The normalized spacial score (nSPS) is 13.5. The van der Waals surface area contributed by atoms with Crippen LogP contribution in [0.4, 0.5) is 0 Å². The first kappa shape index (κ1) is 15.0. The Bertz CT molecular complexity index is 693. The first-order chi connectivity index (χ1) is 9.50. The molecule has 0 saturated heterocycles. The van der Waals surface area contributed by atoms with E-state index in [0.717, 1.165) is 0 Å². The van der Waals surface area contributed by atoms with Gasteiger partial charge in [-0.2, -0.15) is 0 Å². The summed E-state index contributed by atoms with van der Waals surface area (Å²) in [6.45, 7) is 0. The van der Waals surface area contributed by atoms with Gasteiger partial charge in [-0.3, -0.25) is 9.59 Å². The van der Waals surface area contributed by atoms with E-state index in [1.165, 1.54) is 24.3 Å². The Kier molecular flexibility index (Phi) is 4.44. The molecule has 0 aliphatic heterocycles. The summed E-state index contributed by atoms with van der Waals surface area (Å²) in [5.74, 6) is 0. The molecule has 102 valence electrons. The van der Waals surface area contributed by atoms with Crippen molar-refractivity contribution in [1.82, 2.24) is 0 Å². The Morgan fingerprint density at radius 1 is 0.950 bits per heavy atom. The summed E-state index contributed by atoms with van der Waals surface area (Å²) in [4.78, 5) is 23.8. The summed E-state index contributed by atoms with van der Waals surface area (Å²) >= 11 is 11.9. The maximum atomic E-state index is 12.8. The maximum Gasteiger partial charge on any atom is 0.240 e. The minimum Gasteiger partial charge on any atom is -0.302 e. The highest BCUT2D eigenvalue weighted by Crippen LogP contribution is 2.47. The predicted octanol–water partition coefficient (Wildman–Crippen LogP) is 4.01. The van der Waals surface area contributed by atoms with Gasteiger partial charge in [-0.15, -0.1) is 0 Å². The zero-order valence-electron chi connectivity index (χ0n) is 10.1. The lowest BCUT2D eigenvalue weighted by Gasteiger charge is -2.12. The van der Waals surface area contributed by atoms with Crippen molar-refractivity contribution >= 4 is 47.2 Å². The summed E-state index contributed by atoms with van der Waals surface area (Å²) in [6.07, 6.45) is 0. The molecule has 1 atom stereocenters. The van der Waals surface area contributed by atoms with E-state index in [-0.39, 0.29) is 26.9 Å². The summed E-state index contributed by atoms with van der Waals surface area (Å²) in [6, 6.07) is 12.5. The van der Waals surface area contributed by atoms with Crippen LogP contribution in [0.5, 0.6) is 0 Å². The van der Waals surface area contributed by atoms with E-state index >= 15 is 0 Å². The van der Waals surface area contributed by atoms with Gasteiger partial charge in [0.2, 0.25) is 12.7 Å². The number of carbonyl (C=O) groups is 2. The lowest BCUT2D eigenvalue weighted by atomic mass is 10.2. The molecular formula is C14H9Cl2O3P. The first-order valence-electron chi connectivity index (χ1n) is 5.61. The van der Waals surface area contributed by atoms with Gasteiger partial charge in [0.15, 0.2) is 6.03 Å². The molecule has 6 heteroatoms. The van der Waals surface area contributed by atoms with Crippen LogP contribution < -0.4 is 5.30 Å². The van der Waals surface area contributed by atoms with Crippen LogP contribution in [0, 0.1) is 0 Å². The first-order valence-corrected chi connectivity index (χ1v) is 8.14. The van der Waals surface area contributed by atoms with Crippen molar-refractivity contribution in [3.63, 3.8) is 0 Å². The van der Waals surface area contributed by atoms with Crippen molar-refractivity contribution in [2.24, 2.45) is 0 Å². The predicted molar refractivity (Wildman–Crippen MR) is 81.2 cm³/mol. The molecule has 0 aliphatic rings. The van der Waals surface area contributed by atoms with Crippen LogP contribution in [0.25, 0.3) is 0 Å². The monoisotopic (exact) mass is 326 g/mol. The van der Waals surface area contributed by atoms with Crippen LogP contribution in [0.1, 0.15) is 10.4 Å². The lowest BCUT2D eigenvalue weighted by Crippen LogP contribution is -2.14. The number of benzene rings is 2. The molecule has 2 aromatic rings. The smallest absolute Gasteiger partial charge is 0.240 e. The number of halogens is 2. The zero-order valence-corrected chi connectivity index (χ0v) is 12.5. The van der Waals surface area contributed by atoms with E-state index < -0.39 is 12.7 Å². The Hall–Kier alpha value is -1.41. The molecule has 3 nitrogen and oxygen atoms in total. The molecular weight excluding hydrogens is 318 g/mol. The second-order valence-corrected chi connectivity index (χ2v) is 7.26. The lowest BCUT2D eigenvalue weighted by molar-refractivity contribution is 0.107. The second-order valence-electron chi connectivity index (χ2n) is 4.00. The number of carbonyl (C=O) groups excluding carboxylic acids is 2. The molecule has 2 rings (SSSR count). The van der Waals surface area contributed by atoms with Crippen molar-refractivity contribution in [3.8, 4) is 0 Å². The molecule has 0 saturated carbocycles. The van der Waals surface area contributed by atoms with Crippen molar-refractivity contribution in [2.45, 2.75) is 0 Å². The van der Waals surface area contributed by atoms with Crippen LogP contribution >= 0.6 is 30.3 Å². The van der Waals surface area contributed by atoms with Gasteiger partial charge >= 0.3 is 0 Å². The zero-order chi connectivity index (χ0) is 14.8. The van der Waals surface area contributed by atoms with Crippen LogP contribution in [-0.4, -0.2) is 11.6 Å². The second kappa shape index (κ2) is 5.92. The molecule has 0 spiro atoms. The van der Waals surface area contributed by atoms with Crippen LogP contribution in [0.2, 0.25) is 10.0 Å². The van der Waals surface area contributed by atoms with Crippen LogP contribution in [0.3, 0.4) is 0 Å². The maximum absolute atomic E-state index is 12.8. The molecule has 0 N–H and O–H groups in total. The summed E-state index contributed by atoms with van der Waals surface area (Å²) in [5, 5.41) is 0.303. The van der Waals surface area contributed by atoms with Crippen molar-refractivity contribution in [3.05, 3.63) is 64.1 Å². The number of hydrogen-bond donors (Lipinski definition) is 0. The summed E-state index contributed by atoms with van der Waals surface area (Å²) in [5.41, 5.74) is -0.940. The average molecular weight is 327 g/mol. The van der Waals surface area contributed by atoms with Gasteiger partial charge < -0.3 is 4.57 Å². The van der Waals surface area contributed by atoms with Gasteiger partial charge in [-0.05, 0) is 12.1 Å². The van der Waals surface area contributed by atoms with E-state index in [1.54, 1.807) is 24.3 Å². The molecule has 1 unspecified atom stereocenters. The van der Waals surface area contributed by atoms with E-state index in [2.05, 4.69) is 0 Å². The highest BCUT2D eigenvalue weighted by atomic mass is 35.5. The van der Waals surface area contributed by atoms with Gasteiger partial charge in [0, 0.05) is 5.30 Å². The molecule has 0 bridgehead atoms. The molecule has 20 heavy (non-hydrogen) atoms. The number of hydrogen-bond acceptors (Lipinski definition) is 3. The molecule has 2 aromatic carbocycles. The van der Waals surface area contributed by atoms with Gasteiger partial charge in [-0.25, -0.2) is 0 Å². The average Bonchev–Trinajstić information content (AvgIpc) is 2.47. The molecule has 0 fully saturated rings. The highest BCUT2D eigenvalue weighted by molar-refractivity contribution is 7.98. The van der Waals surface area contributed by atoms with Crippen LogP contribution in [0.15, 0.2) is 48.5 Å². The Morgan fingerprint density at radius 3 is 2.00 bits per heavy atom. The third-order valence-corrected chi connectivity index (χ3v) is 5.59. The van der Waals surface area contributed by atoms with Crippen molar-refractivity contribution < 1.29 is 14.2 Å². The van der Waals surface area contributed by atoms with E-state index in [9.17, 15) is 14.2 Å². The molecule has 0 aliphatic carbocycles. The van der Waals surface area contributed by atoms with Gasteiger partial charge in [0.05, 0.1) is 15.6 Å². The highest BCUT2D eigenvalue weighted by Gasteiger charge is 2.36. The summed E-state index contributed by atoms with van der Waals surface area (Å²) in [7, 11) is -3.91. The molecule has 0 aromatic heterocycles. The number of rotatable bonds is 4. The molecule has 0 radical (unpaired) electrons. The minimum absolute atomic E-state index is 0.0699. The van der Waals surface area contributed by atoms with E-state index in [0.29, 0.717) is 0 Å². The summed E-state index contributed by atoms with van der Waals surface area (Å²) < 4.78 is 12.8. The van der Waals surface area contributed by atoms with Crippen molar-refractivity contribution in [1.29, 1.82) is 0 Å². The SMILES string of the molecule is O=CP(=O)(C(=O)c1c(Cl)cccc1Cl)c1ccccc1. The van der Waals surface area contributed by atoms with Crippen LogP contribution in [-0.2, 0) is 9.36 Å². The largest absolute Gasteiger partial charge is 0.302 e. The Labute approximate surface area is 125 Å². The molecule has 0 amide bonds. The Morgan fingerprint density at radius 2 is 1.50 bits per heavy atom. The van der Waals surface area contributed by atoms with Gasteiger partial charge in [0.25, 0.3) is 0 Å². The van der Waals surface area contributed by atoms with Gasteiger partial charge in [0.1, 0.15) is 0 Å². The fourth-order valence-electron chi connectivity index (χ4n) is 1.74. The fraction of sp³-hybridized carbons (Fsp3) is 0. The topological polar surface area (TPSA) is 51.2 Å². The quantitative estimate of drug-likeness (QED) is 0.630. The third-order valence-electron chi connectivity index (χ3n) is 2.77. The van der Waals surface area contributed by atoms with Gasteiger partial charge in [-0.1, -0.05) is 59.6 Å². The minimum atomic E-state index is -3.91. The van der Waals surface area contributed by atoms with E-state index in [4.69, 9.17) is 23.2 Å². The Balaban J connectivity index is 2.62. The van der Waals surface area contributed by atoms with E-state index in [1.807, 2.05) is 0 Å². The fourth-order valence-corrected chi connectivity index (χ4v) is 4.08.